The summed E-state index contributed by atoms with van der Waals surface area (Å²) in [6.45, 7) is 0.371. The Bertz CT molecular complexity index is 846. The zero-order chi connectivity index (χ0) is 18.8. The molecule has 2 atom stereocenters. The summed E-state index contributed by atoms with van der Waals surface area (Å²) >= 11 is 0. The smallest absolute Gasteiger partial charge is 0.255 e. The van der Waals surface area contributed by atoms with Crippen molar-refractivity contribution in [1.29, 1.82) is 0 Å². The summed E-state index contributed by atoms with van der Waals surface area (Å²) in [5.41, 5.74) is 6.77. The third kappa shape index (κ3) is 2.41. The lowest BCUT2D eigenvalue weighted by Gasteiger charge is -2.53. The molecule has 2 aliphatic carbocycles. The standard InChI is InChI=1S/C20H23N3O4/c21-15-3-1-2-4-16(15)27-13-5-6-14-11(7-13)10-23(18(14)25)20-8-12(9-20)17(24)22-19(20)26/h5-7,12,15-16H,1-4,8-10,21H2,(H,22,24,26)/t12?,15-,16-,20?/m0/s1. The van der Waals surface area contributed by atoms with Gasteiger partial charge in [-0.3, -0.25) is 19.7 Å². The normalized spacial score (nSPS) is 34.8. The number of hydrogen-bond donors (Lipinski definition) is 2. The Balaban J connectivity index is 1.36. The van der Waals surface area contributed by atoms with E-state index in [2.05, 4.69) is 5.32 Å². The highest BCUT2D eigenvalue weighted by Gasteiger charge is 2.62. The number of imide groups is 1. The Morgan fingerprint density at radius 2 is 1.93 bits per heavy atom. The average molecular weight is 369 g/mol. The minimum Gasteiger partial charge on any atom is -0.489 e. The highest BCUT2D eigenvalue weighted by atomic mass is 16.5. The largest absolute Gasteiger partial charge is 0.489 e. The van der Waals surface area contributed by atoms with Gasteiger partial charge in [0.2, 0.25) is 5.91 Å². The van der Waals surface area contributed by atoms with Crippen LogP contribution in [0.1, 0.15) is 54.4 Å². The van der Waals surface area contributed by atoms with Gasteiger partial charge in [0.15, 0.2) is 0 Å². The first-order valence-corrected chi connectivity index (χ1v) is 9.70. The van der Waals surface area contributed by atoms with Crippen molar-refractivity contribution in [1.82, 2.24) is 10.2 Å². The number of ether oxygens (including phenoxy) is 1. The third-order valence-corrected chi connectivity index (χ3v) is 6.64. The Hall–Kier alpha value is -2.41. The molecule has 6 rings (SSSR count). The Morgan fingerprint density at radius 1 is 1.15 bits per heavy atom. The van der Waals surface area contributed by atoms with E-state index in [1.807, 2.05) is 12.1 Å². The highest BCUT2D eigenvalue weighted by Crippen LogP contribution is 2.49. The number of nitrogens with one attached hydrogen (secondary N) is 1. The number of benzene rings is 1. The van der Waals surface area contributed by atoms with Gasteiger partial charge in [0, 0.05) is 24.1 Å². The maximum Gasteiger partial charge on any atom is 0.255 e. The number of carbonyl (C=O) groups is 3. The van der Waals surface area contributed by atoms with Crippen molar-refractivity contribution >= 4 is 17.7 Å². The van der Waals surface area contributed by atoms with Crippen LogP contribution in [0.4, 0.5) is 0 Å². The van der Waals surface area contributed by atoms with E-state index in [4.69, 9.17) is 10.5 Å². The molecule has 7 heteroatoms. The first-order chi connectivity index (χ1) is 13.0. The number of fused-ring (bicyclic) bond motifs is 3. The van der Waals surface area contributed by atoms with Gasteiger partial charge in [-0.2, -0.15) is 0 Å². The number of carbonyl (C=O) groups excluding carboxylic acids is 3. The zero-order valence-corrected chi connectivity index (χ0v) is 15.1. The molecule has 0 unspecified atom stereocenters. The number of amides is 3. The second-order valence-electron chi connectivity index (χ2n) is 8.27. The molecule has 3 N–H and O–H groups in total. The molecule has 1 aromatic carbocycles. The van der Waals surface area contributed by atoms with Crippen LogP contribution in [0.15, 0.2) is 18.2 Å². The maximum atomic E-state index is 12.9. The second-order valence-corrected chi connectivity index (χ2v) is 8.27. The summed E-state index contributed by atoms with van der Waals surface area (Å²) in [6.07, 6.45) is 5.04. The minimum absolute atomic E-state index is 0.00567. The third-order valence-electron chi connectivity index (χ3n) is 6.64. The molecule has 2 saturated heterocycles. The van der Waals surface area contributed by atoms with Crippen molar-refractivity contribution < 1.29 is 19.1 Å². The Morgan fingerprint density at radius 3 is 2.67 bits per heavy atom. The van der Waals surface area contributed by atoms with Crippen molar-refractivity contribution in [2.24, 2.45) is 11.7 Å². The van der Waals surface area contributed by atoms with Crippen LogP contribution in [-0.4, -0.2) is 40.3 Å². The second kappa shape index (κ2) is 5.79. The minimum atomic E-state index is -0.874. The van der Waals surface area contributed by atoms with Crippen LogP contribution >= 0.6 is 0 Å². The SMILES string of the molecule is N[C@H]1CCCC[C@@H]1Oc1ccc2c(c1)CN(C13CC(C1)C(=O)NC3=O)C2=O. The van der Waals surface area contributed by atoms with Crippen molar-refractivity contribution in [3.63, 3.8) is 0 Å². The van der Waals surface area contributed by atoms with Gasteiger partial charge in [0.25, 0.3) is 11.8 Å². The van der Waals surface area contributed by atoms with Crippen molar-refractivity contribution in [3.05, 3.63) is 29.3 Å². The molecular formula is C20H23N3O4. The summed E-state index contributed by atoms with van der Waals surface area (Å²) in [5, 5.41) is 2.40. The fourth-order valence-electron chi connectivity index (χ4n) is 4.96. The van der Waals surface area contributed by atoms with Gasteiger partial charge in [-0.1, -0.05) is 6.42 Å². The molecule has 5 aliphatic rings. The van der Waals surface area contributed by atoms with Crippen LogP contribution in [-0.2, 0) is 16.1 Å². The molecular weight excluding hydrogens is 346 g/mol. The summed E-state index contributed by atoms with van der Waals surface area (Å²) in [4.78, 5) is 38.7. The lowest BCUT2D eigenvalue weighted by Crippen LogP contribution is -2.73. The van der Waals surface area contributed by atoms with E-state index in [-0.39, 0.29) is 35.8 Å². The molecule has 142 valence electrons. The first-order valence-electron chi connectivity index (χ1n) is 9.70. The molecule has 2 bridgehead atoms. The lowest BCUT2D eigenvalue weighted by atomic mass is 9.63. The Kier molecular flexibility index (Phi) is 3.59. The molecule has 3 heterocycles. The van der Waals surface area contributed by atoms with Crippen LogP contribution < -0.4 is 15.8 Å². The molecule has 0 spiro atoms. The number of hydrogen-bond acceptors (Lipinski definition) is 5. The van der Waals surface area contributed by atoms with Gasteiger partial charge in [-0.15, -0.1) is 0 Å². The monoisotopic (exact) mass is 369 g/mol. The van der Waals surface area contributed by atoms with E-state index >= 15 is 0 Å². The van der Waals surface area contributed by atoms with Gasteiger partial charge in [-0.25, -0.2) is 0 Å². The van der Waals surface area contributed by atoms with Crippen LogP contribution in [0.25, 0.3) is 0 Å². The van der Waals surface area contributed by atoms with E-state index < -0.39 is 5.54 Å². The highest BCUT2D eigenvalue weighted by molar-refractivity contribution is 6.10. The number of piperidine rings is 2. The van der Waals surface area contributed by atoms with E-state index in [1.54, 1.807) is 11.0 Å². The molecule has 0 radical (unpaired) electrons. The van der Waals surface area contributed by atoms with Gasteiger partial charge >= 0.3 is 0 Å². The Labute approximate surface area is 157 Å². The zero-order valence-electron chi connectivity index (χ0n) is 15.1. The topological polar surface area (TPSA) is 102 Å². The fourth-order valence-corrected chi connectivity index (χ4v) is 4.96. The number of rotatable bonds is 3. The quantitative estimate of drug-likeness (QED) is 0.777. The van der Waals surface area contributed by atoms with E-state index in [1.165, 1.54) is 0 Å². The van der Waals surface area contributed by atoms with E-state index in [0.29, 0.717) is 24.9 Å². The molecule has 3 amide bonds. The predicted octanol–water partition coefficient (Wildman–Crippen LogP) is 1.10. The molecule has 2 saturated carbocycles. The fraction of sp³-hybridized carbons (Fsp3) is 0.550. The van der Waals surface area contributed by atoms with Gasteiger partial charge in [0.1, 0.15) is 17.4 Å². The van der Waals surface area contributed by atoms with E-state index in [9.17, 15) is 14.4 Å². The van der Waals surface area contributed by atoms with Crippen molar-refractivity contribution in [3.8, 4) is 5.75 Å². The molecule has 7 nitrogen and oxygen atoms in total. The summed E-state index contributed by atoms with van der Waals surface area (Å²) in [7, 11) is 0. The van der Waals surface area contributed by atoms with E-state index in [0.717, 1.165) is 37.0 Å². The average Bonchev–Trinajstić information content (AvgIpc) is 2.92. The first kappa shape index (κ1) is 16.7. The lowest BCUT2D eigenvalue weighted by molar-refractivity contribution is -0.160. The molecule has 27 heavy (non-hydrogen) atoms. The van der Waals surface area contributed by atoms with Crippen LogP contribution in [0.5, 0.6) is 5.75 Å². The predicted molar refractivity (Wildman–Crippen MR) is 95.8 cm³/mol. The van der Waals surface area contributed by atoms with Crippen LogP contribution in [0.2, 0.25) is 0 Å². The summed E-state index contributed by atoms with van der Waals surface area (Å²) in [6, 6.07) is 5.53. The molecule has 3 aliphatic heterocycles. The number of nitrogens with zero attached hydrogens (tertiary/aromatic N) is 1. The molecule has 4 fully saturated rings. The van der Waals surface area contributed by atoms with Crippen molar-refractivity contribution in [2.75, 3.05) is 0 Å². The molecule has 1 aromatic rings. The van der Waals surface area contributed by atoms with Gasteiger partial charge in [0.05, 0.1) is 0 Å². The summed E-state index contributed by atoms with van der Waals surface area (Å²) < 4.78 is 6.10. The van der Waals surface area contributed by atoms with Gasteiger partial charge < -0.3 is 15.4 Å². The number of nitrogens with two attached hydrogens (primary N) is 1. The maximum absolute atomic E-state index is 12.9. The molecule has 0 aromatic heterocycles. The van der Waals surface area contributed by atoms with Crippen LogP contribution in [0, 0.1) is 5.92 Å². The van der Waals surface area contributed by atoms with Gasteiger partial charge in [-0.05, 0) is 55.9 Å². The summed E-state index contributed by atoms with van der Waals surface area (Å²) in [5.74, 6) is -0.149. The van der Waals surface area contributed by atoms with Crippen LogP contribution in [0.3, 0.4) is 0 Å². The van der Waals surface area contributed by atoms with Crippen molar-refractivity contribution in [2.45, 2.75) is 62.8 Å².